The first-order valence-electron chi connectivity index (χ1n) is 4.76. The van der Waals surface area contributed by atoms with E-state index in [9.17, 15) is 5.26 Å². The van der Waals surface area contributed by atoms with Gasteiger partial charge in [-0.3, -0.25) is 0 Å². The van der Waals surface area contributed by atoms with Gasteiger partial charge >= 0.3 is 0 Å². The number of rotatable bonds is 4. The van der Waals surface area contributed by atoms with Crippen LogP contribution < -0.4 is 0 Å². The second-order valence-corrected chi connectivity index (χ2v) is 3.93. The van der Waals surface area contributed by atoms with Gasteiger partial charge in [0.2, 0.25) is 0 Å². The highest BCUT2D eigenvalue weighted by Crippen LogP contribution is 2.31. The Balaban J connectivity index is 3.36. The van der Waals surface area contributed by atoms with Crippen molar-refractivity contribution in [2.45, 2.75) is 0 Å². The van der Waals surface area contributed by atoms with Gasteiger partial charge in [-0.1, -0.05) is 35.3 Å². The molecule has 90 valence electrons. The Morgan fingerprint density at radius 3 is 2.59 bits per heavy atom. The summed E-state index contributed by atoms with van der Waals surface area (Å²) in [6.45, 7) is 0.197. The van der Waals surface area contributed by atoms with Gasteiger partial charge in [-0.05, 0) is 6.07 Å². The maximum Gasteiger partial charge on any atom is 0.140 e. The quantitative estimate of drug-likeness (QED) is 0.622. The third-order valence-corrected chi connectivity index (χ3v) is 2.95. The largest absolute Gasteiger partial charge is 0.497 e. The summed E-state index contributed by atoms with van der Waals surface area (Å²) < 4.78 is 10.1. The Kier molecular flexibility index (Phi) is 5.30. The highest BCUT2D eigenvalue weighted by molar-refractivity contribution is 6.43. The highest BCUT2D eigenvalue weighted by Gasteiger charge is 2.14. The van der Waals surface area contributed by atoms with Crippen LogP contribution >= 0.6 is 23.2 Å². The lowest BCUT2D eigenvalue weighted by Crippen LogP contribution is -2.01. The molecule has 0 aliphatic heterocycles. The van der Waals surface area contributed by atoms with Crippen LogP contribution in [0.15, 0.2) is 24.0 Å². The first kappa shape index (κ1) is 13.9. The molecule has 0 N–H and O–H groups in total. The number of methoxy groups -OCH3 is 2. The van der Waals surface area contributed by atoms with Crippen LogP contribution in [0, 0.1) is 11.3 Å². The van der Waals surface area contributed by atoms with E-state index in [-0.39, 0.29) is 6.61 Å². The average molecular weight is 272 g/mol. The summed E-state index contributed by atoms with van der Waals surface area (Å²) in [4.78, 5) is 0. The fourth-order valence-electron chi connectivity index (χ4n) is 1.33. The van der Waals surface area contributed by atoms with E-state index >= 15 is 0 Å². The Hall–Kier alpha value is -1.21. The van der Waals surface area contributed by atoms with Gasteiger partial charge < -0.3 is 9.47 Å². The van der Waals surface area contributed by atoms with E-state index in [4.69, 9.17) is 32.7 Å². The molecule has 0 radical (unpaired) electrons. The summed E-state index contributed by atoms with van der Waals surface area (Å²) in [5.41, 5.74) is 0.859. The molecule has 0 heterocycles. The van der Waals surface area contributed by atoms with Crippen LogP contribution in [0.3, 0.4) is 0 Å². The average Bonchev–Trinajstić information content (AvgIpc) is 2.34. The first-order chi connectivity index (χ1) is 8.15. The third kappa shape index (κ3) is 3.13. The van der Waals surface area contributed by atoms with Gasteiger partial charge in [-0.15, -0.1) is 0 Å². The van der Waals surface area contributed by atoms with E-state index in [1.165, 1.54) is 14.2 Å². The van der Waals surface area contributed by atoms with E-state index in [0.717, 1.165) is 0 Å². The lowest BCUT2D eigenvalue weighted by Gasteiger charge is -2.10. The van der Waals surface area contributed by atoms with Crippen molar-refractivity contribution in [3.05, 3.63) is 39.6 Å². The van der Waals surface area contributed by atoms with Crippen LogP contribution in [0.5, 0.6) is 0 Å². The van der Waals surface area contributed by atoms with Crippen LogP contribution in [0.25, 0.3) is 5.57 Å². The molecule has 0 bridgehead atoms. The summed E-state index contributed by atoms with van der Waals surface area (Å²) in [6, 6.07) is 7.14. The molecule has 1 aromatic carbocycles. The number of hydrogen-bond acceptors (Lipinski definition) is 3. The molecule has 0 atom stereocenters. The molecule has 0 aliphatic rings. The van der Waals surface area contributed by atoms with Gasteiger partial charge in [0.1, 0.15) is 24.0 Å². The minimum atomic E-state index is 0.197. The van der Waals surface area contributed by atoms with E-state index in [1.54, 1.807) is 18.2 Å². The normalized spacial score (nSPS) is 11.7. The number of benzene rings is 1. The summed E-state index contributed by atoms with van der Waals surface area (Å²) in [5.74, 6) is 0.416. The van der Waals surface area contributed by atoms with Gasteiger partial charge in [0.15, 0.2) is 0 Å². The highest BCUT2D eigenvalue weighted by atomic mass is 35.5. The number of nitriles is 1. The zero-order chi connectivity index (χ0) is 12.8. The number of allylic oxidation sites excluding steroid dienone is 1. The molecule has 1 rings (SSSR count). The fraction of sp³-hybridized carbons (Fsp3) is 0.250. The van der Waals surface area contributed by atoms with E-state index in [2.05, 4.69) is 6.07 Å². The molecule has 0 saturated heterocycles. The smallest absolute Gasteiger partial charge is 0.140 e. The predicted octanol–water partition coefficient (Wildman–Crippen LogP) is 3.52. The number of ether oxygens (including phenoxy) is 2. The van der Waals surface area contributed by atoms with Crippen molar-refractivity contribution in [1.29, 1.82) is 5.26 Å². The Morgan fingerprint density at radius 1 is 1.35 bits per heavy atom. The molecule has 5 heteroatoms. The van der Waals surface area contributed by atoms with Crippen molar-refractivity contribution in [3.8, 4) is 6.07 Å². The number of halogens is 2. The molecular weight excluding hydrogens is 261 g/mol. The number of nitrogens with zero attached hydrogens (tertiary/aromatic N) is 1. The SMILES string of the molecule is COCC(OC)=C(C#N)c1cccc(Cl)c1Cl. The fourth-order valence-corrected chi connectivity index (χ4v) is 1.73. The van der Waals surface area contributed by atoms with E-state index in [0.29, 0.717) is 26.9 Å². The summed E-state index contributed by atoms with van der Waals surface area (Å²) in [5, 5.41) is 9.90. The van der Waals surface area contributed by atoms with Gasteiger partial charge in [-0.2, -0.15) is 5.26 Å². The molecule has 0 aliphatic carbocycles. The van der Waals surface area contributed by atoms with Crippen LogP contribution in [0.2, 0.25) is 10.0 Å². The molecule has 17 heavy (non-hydrogen) atoms. The van der Waals surface area contributed by atoms with Gasteiger partial charge in [0.05, 0.1) is 17.2 Å². The van der Waals surface area contributed by atoms with Crippen LogP contribution in [0.1, 0.15) is 5.56 Å². The zero-order valence-electron chi connectivity index (χ0n) is 9.46. The van der Waals surface area contributed by atoms with Crippen molar-refractivity contribution in [2.24, 2.45) is 0 Å². The monoisotopic (exact) mass is 271 g/mol. The topological polar surface area (TPSA) is 42.2 Å². The summed E-state index contributed by atoms with van der Waals surface area (Å²) >= 11 is 12.0. The maximum absolute atomic E-state index is 9.18. The molecule has 0 aromatic heterocycles. The second-order valence-electron chi connectivity index (χ2n) is 3.15. The first-order valence-corrected chi connectivity index (χ1v) is 5.51. The Labute approximate surface area is 110 Å². The van der Waals surface area contributed by atoms with Crippen LogP contribution in [-0.4, -0.2) is 20.8 Å². The standard InChI is InChI=1S/C12H11Cl2NO2/c1-16-7-11(17-2)9(6-15)8-4-3-5-10(13)12(8)14/h3-5H,7H2,1-2H3. The maximum atomic E-state index is 9.18. The zero-order valence-corrected chi connectivity index (χ0v) is 11.0. The molecule has 1 aromatic rings. The third-order valence-electron chi connectivity index (χ3n) is 2.13. The molecule has 0 amide bonds. The van der Waals surface area contributed by atoms with Gasteiger partial charge in [0.25, 0.3) is 0 Å². The lowest BCUT2D eigenvalue weighted by molar-refractivity contribution is 0.161. The molecular formula is C12H11Cl2NO2. The molecule has 0 fully saturated rings. The minimum absolute atomic E-state index is 0.197. The van der Waals surface area contributed by atoms with Crippen molar-refractivity contribution in [1.82, 2.24) is 0 Å². The second kappa shape index (κ2) is 6.51. The molecule has 0 unspecified atom stereocenters. The minimum Gasteiger partial charge on any atom is -0.497 e. The van der Waals surface area contributed by atoms with Crippen LogP contribution in [0.4, 0.5) is 0 Å². The van der Waals surface area contributed by atoms with Crippen molar-refractivity contribution in [3.63, 3.8) is 0 Å². The van der Waals surface area contributed by atoms with Gasteiger partial charge in [-0.25, -0.2) is 0 Å². The summed E-state index contributed by atoms with van der Waals surface area (Å²) in [7, 11) is 3.00. The summed E-state index contributed by atoms with van der Waals surface area (Å²) in [6.07, 6.45) is 0. The number of hydrogen-bond donors (Lipinski definition) is 0. The molecule has 3 nitrogen and oxygen atoms in total. The van der Waals surface area contributed by atoms with E-state index in [1.807, 2.05) is 0 Å². The molecule has 0 spiro atoms. The van der Waals surface area contributed by atoms with Crippen molar-refractivity contribution < 1.29 is 9.47 Å². The van der Waals surface area contributed by atoms with Gasteiger partial charge in [0, 0.05) is 12.7 Å². The van der Waals surface area contributed by atoms with Crippen molar-refractivity contribution >= 4 is 28.8 Å². The van der Waals surface area contributed by atoms with Crippen LogP contribution in [-0.2, 0) is 9.47 Å². The lowest BCUT2D eigenvalue weighted by atomic mass is 10.1. The Morgan fingerprint density at radius 2 is 2.06 bits per heavy atom. The van der Waals surface area contributed by atoms with Crippen molar-refractivity contribution in [2.75, 3.05) is 20.8 Å². The van der Waals surface area contributed by atoms with E-state index < -0.39 is 0 Å². The Bertz CT molecular complexity index is 478. The molecule has 0 saturated carbocycles. The predicted molar refractivity (Wildman–Crippen MR) is 67.9 cm³/mol.